The van der Waals surface area contributed by atoms with Crippen LogP contribution in [0.3, 0.4) is 0 Å². The van der Waals surface area contributed by atoms with Crippen LogP contribution in [-0.2, 0) is 13.1 Å². The molecular formula is C22H21N7O. The Kier molecular flexibility index (Phi) is 4.35. The van der Waals surface area contributed by atoms with Crippen LogP contribution in [0.1, 0.15) is 21.5 Å². The highest BCUT2D eigenvalue weighted by atomic mass is 16.1. The first-order valence-corrected chi connectivity index (χ1v) is 9.61. The number of hydrazine groups is 1. The van der Waals surface area contributed by atoms with Crippen molar-refractivity contribution in [3.8, 4) is 11.1 Å². The first-order chi connectivity index (χ1) is 14.6. The van der Waals surface area contributed by atoms with Gasteiger partial charge in [-0.1, -0.05) is 12.1 Å². The molecule has 0 fully saturated rings. The highest BCUT2D eigenvalue weighted by Gasteiger charge is 2.22. The van der Waals surface area contributed by atoms with Gasteiger partial charge in [0.15, 0.2) is 0 Å². The lowest BCUT2D eigenvalue weighted by Crippen LogP contribution is -2.16. The van der Waals surface area contributed by atoms with Gasteiger partial charge in [0.25, 0.3) is 5.91 Å². The monoisotopic (exact) mass is 399 g/mol. The fourth-order valence-corrected chi connectivity index (χ4v) is 3.75. The largest absolute Gasteiger partial charge is 0.384 e. The molecule has 0 saturated carbocycles. The van der Waals surface area contributed by atoms with Gasteiger partial charge in [-0.3, -0.25) is 4.79 Å². The number of H-pyrrole nitrogens is 1. The predicted octanol–water partition coefficient (Wildman–Crippen LogP) is 2.95. The van der Waals surface area contributed by atoms with Crippen molar-refractivity contribution in [3.63, 3.8) is 0 Å². The van der Waals surface area contributed by atoms with E-state index < -0.39 is 0 Å². The number of nitrogens with zero attached hydrogens (tertiary/aromatic N) is 1. The fraction of sp³-hybridized carbons (Fsp3) is 0.0909. The molecule has 0 saturated heterocycles. The van der Waals surface area contributed by atoms with E-state index in [2.05, 4.69) is 32.2 Å². The van der Waals surface area contributed by atoms with Crippen molar-refractivity contribution >= 4 is 34.0 Å². The van der Waals surface area contributed by atoms with Crippen LogP contribution in [0.4, 0.5) is 17.2 Å². The molecule has 0 unspecified atom stereocenters. The fourth-order valence-electron chi connectivity index (χ4n) is 3.75. The summed E-state index contributed by atoms with van der Waals surface area (Å²) in [5.41, 5.74) is 24.6. The van der Waals surface area contributed by atoms with Crippen LogP contribution in [0, 0.1) is 0 Å². The second-order valence-corrected chi connectivity index (χ2v) is 7.25. The molecule has 150 valence electrons. The van der Waals surface area contributed by atoms with Gasteiger partial charge in [-0.05, 0) is 47.0 Å². The van der Waals surface area contributed by atoms with E-state index in [1.807, 2.05) is 42.6 Å². The summed E-state index contributed by atoms with van der Waals surface area (Å²) in [5, 5.41) is 3.94. The third-order valence-corrected chi connectivity index (χ3v) is 5.30. The van der Waals surface area contributed by atoms with Crippen LogP contribution in [0.25, 0.3) is 22.0 Å². The van der Waals surface area contributed by atoms with Crippen molar-refractivity contribution in [1.29, 1.82) is 0 Å². The summed E-state index contributed by atoms with van der Waals surface area (Å²) >= 11 is 0. The third-order valence-electron chi connectivity index (χ3n) is 5.30. The van der Waals surface area contributed by atoms with Crippen LogP contribution >= 0.6 is 0 Å². The smallest absolute Gasteiger partial charge is 0.257 e. The number of aromatic nitrogens is 2. The number of hydrogen-bond acceptors (Lipinski definition) is 6. The molecule has 8 heteroatoms. The Morgan fingerprint density at radius 2 is 2.00 bits per heavy atom. The number of fused-ring (bicyclic) bond motifs is 2. The minimum atomic E-state index is -0.189. The van der Waals surface area contributed by atoms with Gasteiger partial charge in [0, 0.05) is 35.9 Å². The molecular weight excluding hydrogens is 378 g/mol. The molecule has 4 aromatic rings. The molecule has 5 rings (SSSR count). The van der Waals surface area contributed by atoms with Crippen molar-refractivity contribution in [3.05, 3.63) is 71.5 Å². The van der Waals surface area contributed by atoms with Crippen molar-refractivity contribution < 1.29 is 4.79 Å². The topological polar surface area (TPSA) is 134 Å². The minimum Gasteiger partial charge on any atom is -0.384 e. The van der Waals surface area contributed by atoms with Crippen LogP contribution in [-0.4, -0.2) is 15.9 Å². The van der Waals surface area contributed by atoms with E-state index in [9.17, 15) is 4.79 Å². The quantitative estimate of drug-likeness (QED) is 0.312. The lowest BCUT2D eigenvalue weighted by atomic mass is 9.97. The van der Waals surface area contributed by atoms with Gasteiger partial charge in [0.2, 0.25) is 0 Å². The number of hydrogen-bond donors (Lipinski definition) is 6. The van der Waals surface area contributed by atoms with E-state index >= 15 is 0 Å². The van der Waals surface area contributed by atoms with E-state index in [0.29, 0.717) is 30.2 Å². The second-order valence-electron chi connectivity index (χ2n) is 7.25. The number of rotatable bonds is 4. The summed E-state index contributed by atoms with van der Waals surface area (Å²) in [6.07, 6.45) is 3.62. The molecule has 8 nitrogen and oxygen atoms in total. The molecule has 0 radical (unpaired) electrons. The first-order valence-electron chi connectivity index (χ1n) is 9.61. The van der Waals surface area contributed by atoms with Crippen molar-refractivity contribution in [2.75, 3.05) is 16.5 Å². The van der Waals surface area contributed by atoms with Crippen LogP contribution < -0.4 is 27.6 Å². The molecule has 2 aromatic heterocycles. The molecule has 3 heterocycles. The zero-order valence-electron chi connectivity index (χ0n) is 16.1. The number of nitrogens with one attached hydrogen (secondary N) is 4. The molecule has 1 aliphatic rings. The molecule has 1 aliphatic heterocycles. The lowest BCUT2D eigenvalue weighted by Gasteiger charge is -2.12. The summed E-state index contributed by atoms with van der Waals surface area (Å²) < 4.78 is 0. The molecule has 2 aromatic carbocycles. The zero-order valence-corrected chi connectivity index (χ0v) is 16.1. The summed E-state index contributed by atoms with van der Waals surface area (Å²) in [5.74, 6) is 0.262. The van der Waals surface area contributed by atoms with Crippen LogP contribution in [0.2, 0.25) is 0 Å². The molecule has 0 spiro atoms. The van der Waals surface area contributed by atoms with Gasteiger partial charge in [-0.25, -0.2) is 10.4 Å². The van der Waals surface area contributed by atoms with Crippen molar-refractivity contribution in [2.45, 2.75) is 13.1 Å². The van der Waals surface area contributed by atoms with Crippen molar-refractivity contribution in [1.82, 2.24) is 15.4 Å². The average Bonchev–Trinajstić information content (AvgIpc) is 3.40. The van der Waals surface area contributed by atoms with E-state index in [4.69, 9.17) is 11.5 Å². The van der Waals surface area contributed by atoms with Gasteiger partial charge < -0.3 is 27.2 Å². The molecule has 0 bridgehead atoms. The summed E-state index contributed by atoms with van der Waals surface area (Å²) in [6, 6.07) is 13.3. The molecule has 30 heavy (non-hydrogen) atoms. The zero-order chi connectivity index (χ0) is 20.7. The van der Waals surface area contributed by atoms with Gasteiger partial charge in [0.1, 0.15) is 5.82 Å². The number of pyridine rings is 1. The molecule has 0 aliphatic carbocycles. The Labute approximate surface area is 172 Å². The maximum absolute atomic E-state index is 13.1. The summed E-state index contributed by atoms with van der Waals surface area (Å²) in [6.45, 7) is 1.09. The molecule has 1 amide bonds. The highest BCUT2D eigenvalue weighted by Crippen LogP contribution is 2.35. The Balaban J connectivity index is 1.55. The van der Waals surface area contributed by atoms with Gasteiger partial charge in [0.05, 0.1) is 23.0 Å². The van der Waals surface area contributed by atoms with E-state index in [1.165, 1.54) is 0 Å². The number of aromatic amines is 1. The number of amides is 1. The standard InChI is InChI=1S/C22H21N7O/c23-8-12-1-3-15(4-2-12)28-22(30)17-6-13(5-14-9-27-29-21(14)17)18-10-25-19-11-26-20(24)7-16(18)19/h1-7,10-11,25,27,29H,8-9,23H2,(H2,24,26)(H,28,30). The number of nitrogens with two attached hydrogens (primary N) is 2. The Morgan fingerprint density at radius 1 is 1.17 bits per heavy atom. The Morgan fingerprint density at radius 3 is 2.80 bits per heavy atom. The predicted molar refractivity (Wildman–Crippen MR) is 119 cm³/mol. The number of benzene rings is 2. The number of anilines is 3. The third kappa shape index (κ3) is 3.14. The highest BCUT2D eigenvalue weighted by molar-refractivity contribution is 6.10. The van der Waals surface area contributed by atoms with Crippen LogP contribution in [0.15, 0.2) is 54.9 Å². The second kappa shape index (κ2) is 7.18. The minimum absolute atomic E-state index is 0.189. The van der Waals surface area contributed by atoms with Gasteiger partial charge in [-0.15, -0.1) is 0 Å². The summed E-state index contributed by atoms with van der Waals surface area (Å²) in [4.78, 5) is 20.5. The Hall–Kier alpha value is -3.88. The Bertz CT molecular complexity index is 1260. The SMILES string of the molecule is NCc1ccc(NC(=O)c2cc(-c3c[nH]c4cnc(N)cc34)cc3c2NNC3)cc1. The maximum atomic E-state index is 13.1. The summed E-state index contributed by atoms with van der Waals surface area (Å²) in [7, 11) is 0. The maximum Gasteiger partial charge on any atom is 0.257 e. The van der Waals surface area contributed by atoms with E-state index in [-0.39, 0.29) is 5.91 Å². The normalized spacial score (nSPS) is 12.6. The number of carbonyl (C=O) groups is 1. The van der Waals surface area contributed by atoms with Crippen LogP contribution in [0.5, 0.6) is 0 Å². The van der Waals surface area contributed by atoms with E-state index in [0.717, 1.165) is 38.8 Å². The first kappa shape index (κ1) is 18.2. The lowest BCUT2D eigenvalue weighted by molar-refractivity contribution is 0.102. The number of nitrogen functional groups attached to an aromatic ring is 1. The number of carbonyl (C=O) groups excluding carboxylic acids is 1. The van der Waals surface area contributed by atoms with Gasteiger partial charge in [-0.2, -0.15) is 0 Å². The van der Waals surface area contributed by atoms with Crippen molar-refractivity contribution in [2.24, 2.45) is 5.73 Å². The van der Waals surface area contributed by atoms with Gasteiger partial charge >= 0.3 is 0 Å². The molecule has 8 N–H and O–H groups in total. The van der Waals surface area contributed by atoms with E-state index in [1.54, 1.807) is 6.20 Å². The molecule has 0 atom stereocenters. The average molecular weight is 399 g/mol.